The van der Waals surface area contributed by atoms with Gasteiger partial charge < -0.3 is 10.4 Å². The lowest BCUT2D eigenvalue weighted by atomic mass is 9.52. The number of fused-ring (bicyclic) bond motifs is 1. The number of aliphatic hydroxyl groups excluding tert-OH is 1. The summed E-state index contributed by atoms with van der Waals surface area (Å²) in [6.07, 6.45) is 6.27. The van der Waals surface area contributed by atoms with E-state index in [1.807, 2.05) is 13.8 Å². The molecule has 3 aliphatic rings. The van der Waals surface area contributed by atoms with Gasteiger partial charge >= 0.3 is 0 Å². The molecule has 3 aliphatic carbocycles. The molecule has 6 nitrogen and oxygen atoms in total. The highest BCUT2D eigenvalue weighted by atomic mass is 32.2. The highest BCUT2D eigenvalue weighted by Gasteiger charge is 2.54. The number of carbonyl (C=O) groups excluding carboxylic acids is 1. The van der Waals surface area contributed by atoms with Crippen molar-refractivity contribution in [3.8, 4) is 0 Å². The second-order valence-corrected chi connectivity index (χ2v) is 11.1. The maximum atomic E-state index is 12.5. The van der Waals surface area contributed by atoms with Crippen molar-refractivity contribution in [3.05, 3.63) is 0 Å². The Morgan fingerprint density at radius 3 is 2.38 bits per heavy atom. The Morgan fingerprint density at radius 1 is 1.19 bits per heavy atom. The molecule has 3 fully saturated rings. The van der Waals surface area contributed by atoms with Gasteiger partial charge in [-0.25, -0.2) is 13.1 Å². The van der Waals surface area contributed by atoms with Crippen LogP contribution in [0.2, 0.25) is 0 Å². The molecule has 0 aliphatic heterocycles. The van der Waals surface area contributed by atoms with E-state index in [1.54, 1.807) is 0 Å². The quantitative estimate of drug-likeness (QED) is 0.669. The van der Waals surface area contributed by atoms with Crippen LogP contribution in [-0.2, 0) is 14.8 Å². The average molecular weight is 387 g/mol. The molecule has 0 heterocycles. The molecule has 0 aromatic heterocycles. The molecule has 150 valence electrons. The predicted molar refractivity (Wildman–Crippen MR) is 101 cm³/mol. The monoisotopic (exact) mass is 386 g/mol. The maximum absolute atomic E-state index is 12.5. The fourth-order valence-electron chi connectivity index (χ4n) is 5.49. The first-order chi connectivity index (χ1) is 12.0. The van der Waals surface area contributed by atoms with E-state index in [2.05, 4.69) is 17.0 Å². The Hall–Kier alpha value is -0.660. The van der Waals surface area contributed by atoms with Gasteiger partial charge in [0.25, 0.3) is 0 Å². The lowest BCUT2D eigenvalue weighted by Gasteiger charge is -2.56. The number of rotatable bonds is 5. The van der Waals surface area contributed by atoms with Crippen molar-refractivity contribution in [1.29, 1.82) is 0 Å². The molecule has 0 saturated heterocycles. The zero-order valence-corrected chi connectivity index (χ0v) is 17.2. The van der Waals surface area contributed by atoms with Gasteiger partial charge in [0.05, 0.1) is 12.4 Å². The van der Waals surface area contributed by atoms with E-state index in [-0.39, 0.29) is 41.0 Å². The van der Waals surface area contributed by atoms with Crippen LogP contribution in [0.3, 0.4) is 0 Å². The lowest BCUT2D eigenvalue weighted by Crippen LogP contribution is -2.58. The molecular weight excluding hydrogens is 352 g/mol. The van der Waals surface area contributed by atoms with Crippen LogP contribution in [0.5, 0.6) is 0 Å². The number of amides is 1. The van der Waals surface area contributed by atoms with Crippen LogP contribution in [-0.4, -0.2) is 43.9 Å². The minimum absolute atomic E-state index is 0.00502. The molecular formula is C19H34N2O4S. The molecule has 3 rings (SSSR count). The van der Waals surface area contributed by atoms with E-state index in [1.165, 1.54) is 6.26 Å². The first kappa shape index (κ1) is 20.1. The van der Waals surface area contributed by atoms with Crippen LogP contribution < -0.4 is 10.0 Å². The highest BCUT2D eigenvalue weighted by Crippen LogP contribution is 2.55. The van der Waals surface area contributed by atoms with Gasteiger partial charge in [0.1, 0.15) is 0 Å². The second kappa shape index (κ2) is 7.06. The van der Waals surface area contributed by atoms with Gasteiger partial charge in [0.2, 0.25) is 15.9 Å². The summed E-state index contributed by atoms with van der Waals surface area (Å²) in [7, 11) is -3.28. The maximum Gasteiger partial charge on any atom is 0.223 e. The normalized spacial score (nSPS) is 42.0. The standard InChI is InChI=1S/C19H34N2O4S/c1-11(18(23)20-13-5-6-13)14-7-9-19(3)10-8-15(21-26(4,24)25)12(2)16(19)17(14)22/h11-17,21-22H,5-10H2,1-4H3,(H,20,23)/t11-,12+,14+,15-,16+,17-,19-/m0/s1. The summed E-state index contributed by atoms with van der Waals surface area (Å²) >= 11 is 0. The molecule has 26 heavy (non-hydrogen) atoms. The Kier molecular flexibility index (Phi) is 5.45. The number of hydrogen-bond donors (Lipinski definition) is 3. The van der Waals surface area contributed by atoms with Crippen molar-refractivity contribution in [2.75, 3.05) is 6.26 Å². The summed E-state index contributed by atoms with van der Waals surface area (Å²) in [4.78, 5) is 12.5. The topological polar surface area (TPSA) is 95.5 Å². The highest BCUT2D eigenvalue weighted by molar-refractivity contribution is 7.88. The number of nitrogens with one attached hydrogen (secondary N) is 2. The lowest BCUT2D eigenvalue weighted by molar-refractivity contribution is -0.141. The van der Waals surface area contributed by atoms with Gasteiger partial charge in [-0.15, -0.1) is 0 Å². The molecule has 0 bridgehead atoms. The van der Waals surface area contributed by atoms with Crippen molar-refractivity contribution >= 4 is 15.9 Å². The summed E-state index contributed by atoms with van der Waals surface area (Å²) in [5.74, 6) is -0.184. The third-order valence-electron chi connectivity index (χ3n) is 7.23. The van der Waals surface area contributed by atoms with Crippen LogP contribution >= 0.6 is 0 Å². The summed E-state index contributed by atoms with van der Waals surface area (Å²) in [6, 6.07) is 0.181. The number of sulfonamides is 1. The first-order valence-corrected chi connectivity index (χ1v) is 11.9. The van der Waals surface area contributed by atoms with Crippen LogP contribution in [0.15, 0.2) is 0 Å². The first-order valence-electron chi connectivity index (χ1n) is 9.97. The second-order valence-electron chi connectivity index (χ2n) is 9.34. The van der Waals surface area contributed by atoms with Crippen molar-refractivity contribution < 1.29 is 18.3 Å². The molecule has 0 spiro atoms. The third kappa shape index (κ3) is 4.09. The zero-order chi connectivity index (χ0) is 19.3. The van der Waals surface area contributed by atoms with Gasteiger partial charge in [0.15, 0.2) is 0 Å². The van der Waals surface area contributed by atoms with E-state index < -0.39 is 16.1 Å². The van der Waals surface area contributed by atoms with Crippen molar-refractivity contribution in [1.82, 2.24) is 10.0 Å². The van der Waals surface area contributed by atoms with Crippen LogP contribution in [0.1, 0.15) is 59.3 Å². The Morgan fingerprint density at radius 2 is 1.81 bits per heavy atom. The summed E-state index contributed by atoms with van der Waals surface area (Å²) in [5, 5.41) is 14.3. The van der Waals surface area contributed by atoms with E-state index in [0.717, 1.165) is 38.5 Å². The minimum Gasteiger partial charge on any atom is -0.392 e. The molecule has 7 heteroatoms. The van der Waals surface area contributed by atoms with Gasteiger partial charge in [-0.1, -0.05) is 20.8 Å². The molecule has 0 unspecified atom stereocenters. The van der Waals surface area contributed by atoms with Crippen molar-refractivity contribution in [2.24, 2.45) is 29.1 Å². The molecule has 3 saturated carbocycles. The third-order valence-corrected chi connectivity index (χ3v) is 7.96. The van der Waals surface area contributed by atoms with Crippen molar-refractivity contribution in [3.63, 3.8) is 0 Å². The van der Waals surface area contributed by atoms with E-state index in [9.17, 15) is 18.3 Å². The number of hydrogen-bond acceptors (Lipinski definition) is 4. The summed E-state index contributed by atoms with van der Waals surface area (Å²) < 4.78 is 26.2. The van der Waals surface area contributed by atoms with Gasteiger partial charge in [0, 0.05) is 18.0 Å². The van der Waals surface area contributed by atoms with Gasteiger partial charge in [-0.2, -0.15) is 0 Å². The van der Waals surface area contributed by atoms with Crippen LogP contribution in [0.25, 0.3) is 0 Å². The SMILES string of the molecule is C[C@H]1[C@@H]2[C@@H](O)[C@@H]([C@H](C)C(=O)NC3CC3)CC[C@@]2(C)CC[C@@H]1NS(C)(=O)=O. The van der Waals surface area contributed by atoms with E-state index >= 15 is 0 Å². The summed E-state index contributed by atoms with van der Waals surface area (Å²) in [6.45, 7) is 6.19. The minimum atomic E-state index is -3.28. The average Bonchev–Trinajstić information content (AvgIpc) is 3.33. The summed E-state index contributed by atoms with van der Waals surface area (Å²) in [5.41, 5.74) is 0.0116. The Labute approximate surface area is 157 Å². The van der Waals surface area contributed by atoms with Crippen molar-refractivity contribution in [2.45, 2.75) is 77.5 Å². The molecule has 0 radical (unpaired) electrons. The number of carbonyl (C=O) groups is 1. The molecule has 3 N–H and O–H groups in total. The smallest absolute Gasteiger partial charge is 0.223 e. The van der Waals surface area contributed by atoms with Crippen LogP contribution in [0.4, 0.5) is 0 Å². The van der Waals surface area contributed by atoms with Gasteiger partial charge in [-0.05, 0) is 61.7 Å². The van der Waals surface area contributed by atoms with E-state index in [4.69, 9.17) is 0 Å². The molecule has 7 atom stereocenters. The largest absolute Gasteiger partial charge is 0.392 e. The molecule has 1 amide bonds. The molecule has 0 aromatic rings. The zero-order valence-electron chi connectivity index (χ0n) is 16.4. The Balaban J connectivity index is 1.75. The van der Waals surface area contributed by atoms with Crippen LogP contribution in [0, 0.1) is 29.1 Å². The van der Waals surface area contributed by atoms with Gasteiger partial charge in [-0.3, -0.25) is 4.79 Å². The fraction of sp³-hybridized carbons (Fsp3) is 0.947. The predicted octanol–water partition coefficient (Wildman–Crippen LogP) is 1.64. The molecule has 0 aromatic carbocycles. The number of aliphatic hydroxyl groups is 1. The fourth-order valence-corrected chi connectivity index (χ4v) is 6.37. The Bertz CT molecular complexity index is 648. The van der Waals surface area contributed by atoms with E-state index in [0.29, 0.717) is 6.04 Å².